The molecule has 0 unspecified atom stereocenters. The van der Waals surface area contributed by atoms with Crippen LogP contribution in [0.3, 0.4) is 0 Å². The lowest BCUT2D eigenvalue weighted by molar-refractivity contribution is -0.120. The summed E-state index contributed by atoms with van der Waals surface area (Å²) < 4.78 is 75.0. The number of nitrogens with one attached hydrogen (secondary N) is 2. The van der Waals surface area contributed by atoms with Crippen molar-refractivity contribution in [2.24, 2.45) is 7.05 Å². The fourth-order valence-corrected chi connectivity index (χ4v) is 8.68. The van der Waals surface area contributed by atoms with E-state index in [9.17, 15) is 26.8 Å². The lowest BCUT2D eigenvalue weighted by atomic mass is 9.88. The second-order valence-electron chi connectivity index (χ2n) is 13.2. The van der Waals surface area contributed by atoms with Crippen molar-refractivity contribution >= 4 is 44.6 Å². The van der Waals surface area contributed by atoms with Crippen molar-refractivity contribution < 1.29 is 35.9 Å². The number of carbonyl (C=O) groups is 2. The largest absolute Gasteiger partial charge is 0.432 e. The van der Waals surface area contributed by atoms with Crippen LogP contribution in [-0.4, -0.2) is 94.7 Å². The van der Waals surface area contributed by atoms with Gasteiger partial charge in [-0.3, -0.25) is 24.6 Å². The molecule has 4 aromatic rings. The summed E-state index contributed by atoms with van der Waals surface area (Å²) in [6.07, 6.45) is 4.90. The first kappa shape index (κ1) is 35.6. The summed E-state index contributed by atoms with van der Waals surface area (Å²) >= 11 is 0. The molecule has 3 aliphatic rings. The van der Waals surface area contributed by atoms with Crippen LogP contribution in [0.1, 0.15) is 49.1 Å². The molecule has 276 valence electrons. The van der Waals surface area contributed by atoms with Crippen LogP contribution < -0.4 is 20.3 Å². The van der Waals surface area contributed by atoms with E-state index in [1.165, 1.54) is 15.3 Å². The number of imide groups is 1. The van der Waals surface area contributed by atoms with Gasteiger partial charge in [-0.15, -0.1) is 0 Å². The van der Waals surface area contributed by atoms with Crippen molar-refractivity contribution in [3.8, 4) is 5.75 Å². The van der Waals surface area contributed by atoms with E-state index in [4.69, 9.17) is 0 Å². The molecule has 0 atom stereocenters. The molecule has 2 aromatic carbocycles. The first-order valence-electron chi connectivity index (χ1n) is 17.1. The van der Waals surface area contributed by atoms with Crippen LogP contribution in [0.5, 0.6) is 5.75 Å². The molecule has 14 nitrogen and oxygen atoms in total. The number of anilines is 2. The zero-order valence-corrected chi connectivity index (χ0v) is 29.2. The van der Waals surface area contributed by atoms with Crippen molar-refractivity contribution in [1.29, 1.82) is 0 Å². The van der Waals surface area contributed by atoms with Crippen LogP contribution in [0.25, 0.3) is 10.9 Å². The molecular formula is C34H38F3N9O5S. The monoisotopic (exact) mass is 741 g/mol. The molecule has 0 aliphatic carbocycles. The number of nitrogens with zero attached hydrogens (tertiary/aromatic N) is 7. The Kier molecular flexibility index (Phi) is 10.0. The highest BCUT2D eigenvalue weighted by Crippen LogP contribution is 2.36. The number of aryl methyl sites for hydroxylation is 1. The van der Waals surface area contributed by atoms with E-state index in [1.54, 1.807) is 36.0 Å². The molecule has 3 fully saturated rings. The maximum Gasteiger partial charge on any atom is 0.387 e. The molecule has 7 rings (SSSR count). The number of piperidine rings is 2. The van der Waals surface area contributed by atoms with E-state index < -0.39 is 22.7 Å². The molecule has 2 N–H and O–H groups in total. The highest BCUT2D eigenvalue weighted by Gasteiger charge is 2.32. The molecule has 0 spiro atoms. The number of alkyl halides is 2. The molecule has 0 saturated carbocycles. The number of sulfonamides is 1. The number of hydrogen-bond acceptors (Lipinski definition) is 10. The zero-order valence-electron chi connectivity index (χ0n) is 28.3. The molecule has 3 aliphatic heterocycles. The summed E-state index contributed by atoms with van der Waals surface area (Å²) in [5, 5.41) is 10.4. The standard InChI is InChI=1S/C34H38F3N9O5S/c1-43-29-17-26(28(35)16-27(29)31(42-43)46-14-9-30(47)41-34(46)48)22-5-10-44(11-6-22)20-21-3-2-4-25(15-21)52(49,50)45-12-7-23(8-13-45)40-33-38-18-24(19-39-33)51-32(36)37/h2-4,15-19,22-23,32H,5-14,20H2,1H3,(H,38,39,40)(H,41,47,48). The summed E-state index contributed by atoms with van der Waals surface area (Å²) in [7, 11) is -2.00. The average molecular weight is 742 g/mol. The molecule has 3 amide bonds. The molecule has 18 heteroatoms. The van der Waals surface area contributed by atoms with Crippen molar-refractivity contribution in [1.82, 2.24) is 34.3 Å². The summed E-state index contributed by atoms with van der Waals surface area (Å²) in [5.74, 6) is -0.328. The first-order chi connectivity index (χ1) is 24.9. The Labute approximate surface area is 298 Å². The van der Waals surface area contributed by atoms with E-state index >= 15 is 4.39 Å². The van der Waals surface area contributed by atoms with Gasteiger partial charge >= 0.3 is 12.6 Å². The Morgan fingerprint density at radius 2 is 1.73 bits per heavy atom. The number of benzene rings is 2. The zero-order chi connectivity index (χ0) is 36.6. The van der Waals surface area contributed by atoms with Crippen molar-refractivity contribution in [2.75, 3.05) is 42.9 Å². The third-order valence-electron chi connectivity index (χ3n) is 9.87. The molecule has 3 saturated heterocycles. The van der Waals surface area contributed by atoms with Gasteiger partial charge < -0.3 is 10.1 Å². The average Bonchev–Trinajstić information content (AvgIpc) is 3.43. The van der Waals surface area contributed by atoms with Gasteiger partial charge in [0.1, 0.15) is 5.82 Å². The number of carbonyl (C=O) groups excluding carboxylic acids is 2. The molecular weight excluding hydrogens is 703 g/mol. The molecule has 0 radical (unpaired) electrons. The fourth-order valence-electron chi connectivity index (χ4n) is 7.14. The quantitative estimate of drug-likeness (QED) is 0.242. The normalized spacial score (nSPS) is 18.7. The number of aromatic nitrogens is 4. The number of rotatable bonds is 10. The maximum atomic E-state index is 15.6. The highest BCUT2D eigenvalue weighted by molar-refractivity contribution is 7.89. The van der Waals surface area contributed by atoms with E-state index in [2.05, 4.69) is 35.3 Å². The van der Waals surface area contributed by atoms with E-state index in [-0.39, 0.29) is 53.2 Å². The number of hydrogen-bond donors (Lipinski definition) is 2. The van der Waals surface area contributed by atoms with Gasteiger partial charge in [-0.2, -0.15) is 18.2 Å². The molecule has 2 aromatic heterocycles. The lowest BCUT2D eigenvalue weighted by Crippen LogP contribution is -2.49. The summed E-state index contributed by atoms with van der Waals surface area (Å²) in [6, 6.07) is 9.55. The SMILES string of the molecule is Cn1nc(N2CCC(=O)NC2=O)c2cc(F)c(C3CCN(Cc4cccc(S(=O)(=O)N5CCC(Nc6ncc(OC(F)F)cn6)CC5)c4)CC3)cc21. The summed E-state index contributed by atoms with van der Waals surface area (Å²) in [6.45, 7) is -0.261. The smallest absolute Gasteiger partial charge is 0.387 e. The first-order valence-corrected chi connectivity index (χ1v) is 18.5. The van der Waals surface area contributed by atoms with E-state index in [1.807, 2.05) is 6.07 Å². The van der Waals surface area contributed by atoms with Gasteiger partial charge in [0.25, 0.3) is 0 Å². The fraction of sp³-hybridized carbons (Fsp3) is 0.441. The van der Waals surface area contributed by atoms with Crippen LogP contribution in [0.15, 0.2) is 53.7 Å². The number of fused-ring (bicyclic) bond motifs is 1. The summed E-state index contributed by atoms with van der Waals surface area (Å²) in [5.41, 5.74) is 2.16. The Bertz CT molecular complexity index is 2070. The van der Waals surface area contributed by atoms with Gasteiger partial charge in [0.2, 0.25) is 21.9 Å². The Morgan fingerprint density at radius 3 is 2.42 bits per heavy atom. The van der Waals surface area contributed by atoms with Gasteiger partial charge in [-0.1, -0.05) is 12.1 Å². The van der Waals surface area contributed by atoms with Gasteiger partial charge in [0.05, 0.1) is 22.8 Å². The van der Waals surface area contributed by atoms with Crippen LogP contribution in [0.2, 0.25) is 0 Å². The summed E-state index contributed by atoms with van der Waals surface area (Å²) in [4.78, 5) is 35.9. The highest BCUT2D eigenvalue weighted by atomic mass is 32.2. The van der Waals surface area contributed by atoms with Crippen LogP contribution in [0, 0.1) is 5.82 Å². The number of urea groups is 1. The van der Waals surface area contributed by atoms with Crippen molar-refractivity contribution in [3.63, 3.8) is 0 Å². The topological polar surface area (TPSA) is 155 Å². The minimum absolute atomic E-state index is 0.0236. The lowest BCUT2D eigenvalue weighted by Gasteiger charge is -2.33. The predicted molar refractivity (Wildman–Crippen MR) is 184 cm³/mol. The Balaban J connectivity index is 0.940. The van der Waals surface area contributed by atoms with Gasteiger partial charge in [-0.25, -0.2) is 27.6 Å². The second-order valence-corrected chi connectivity index (χ2v) is 15.2. The number of ether oxygens (including phenoxy) is 1. The Hall–Kier alpha value is -4.81. The maximum absolute atomic E-state index is 15.6. The van der Waals surface area contributed by atoms with E-state index in [0.717, 1.165) is 18.0 Å². The number of halogens is 3. The third kappa shape index (κ3) is 7.54. The van der Waals surface area contributed by atoms with Gasteiger partial charge in [0, 0.05) is 51.1 Å². The molecule has 0 bridgehead atoms. The molecule has 52 heavy (non-hydrogen) atoms. The van der Waals surface area contributed by atoms with Gasteiger partial charge in [0.15, 0.2) is 11.6 Å². The van der Waals surface area contributed by atoms with Crippen LogP contribution in [0.4, 0.5) is 29.7 Å². The van der Waals surface area contributed by atoms with Crippen LogP contribution >= 0.6 is 0 Å². The number of likely N-dealkylation sites (tertiary alicyclic amines) is 1. The van der Waals surface area contributed by atoms with Crippen molar-refractivity contribution in [3.05, 3.63) is 65.7 Å². The van der Waals surface area contributed by atoms with Crippen LogP contribution in [-0.2, 0) is 28.4 Å². The van der Waals surface area contributed by atoms with Crippen molar-refractivity contribution in [2.45, 2.75) is 62.1 Å². The third-order valence-corrected chi connectivity index (χ3v) is 11.8. The number of amides is 3. The minimum Gasteiger partial charge on any atom is -0.432 e. The van der Waals surface area contributed by atoms with E-state index in [0.29, 0.717) is 80.7 Å². The Morgan fingerprint density at radius 1 is 1.00 bits per heavy atom. The molecule has 5 heterocycles. The minimum atomic E-state index is -3.74. The second kappa shape index (κ2) is 14.7. The predicted octanol–water partition coefficient (Wildman–Crippen LogP) is 4.19. The van der Waals surface area contributed by atoms with Gasteiger partial charge in [-0.05, 0) is 80.1 Å².